The summed E-state index contributed by atoms with van der Waals surface area (Å²) in [6.07, 6.45) is 2.01. The second-order valence-electron chi connectivity index (χ2n) is 3.74. The summed E-state index contributed by atoms with van der Waals surface area (Å²) >= 11 is 0. The molecule has 0 saturated heterocycles. The molecule has 1 aromatic heterocycles. The van der Waals surface area contributed by atoms with Crippen molar-refractivity contribution in [3.05, 3.63) is 17.9 Å². The Morgan fingerprint density at radius 1 is 1.39 bits per heavy atom. The molecule has 18 heavy (non-hydrogen) atoms. The van der Waals surface area contributed by atoms with E-state index in [0.717, 1.165) is 12.8 Å². The van der Waals surface area contributed by atoms with Crippen molar-refractivity contribution in [2.24, 2.45) is 0 Å². The number of nitrogens with one attached hydrogen (secondary N) is 1. The van der Waals surface area contributed by atoms with Gasteiger partial charge in [-0.1, -0.05) is 13.3 Å². The number of aliphatic hydroxyl groups excluding tert-OH is 1. The Labute approximate surface area is 107 Å². The Bertz CT molecular complexity index is 440. The zero-order valence-corrected chi connectivity index (χ0v) is 11.2. The third-order valence-electron chi connectivity index (χ3n) is 2.24. The number of unbranched alkanes of at least 4 members (excludes halogenated alkanes) is 1. The molecule has 1 heterocycles. The zero-order chi connectivity index (χ0) is 13.4. The van der Waals surface area contributed by atoms with Crippen LogP contribution >= 0.6 is 0 Å². The summed E-state index contributed by atoms with van der Waals surface area (Å²) < 4.78 is 36.0. The smallest absolute Gasteiger partial charge is 0.274 e. The number of aliphatic hydroxyl groups is 1. The second-order valence-corrected chi connectivity index (χ2v) is 5.44. The van der Waals surface area contributed by atoms with Gasteiger partial charge >= 0.3 is 0 Å². The maximum absolute atomic E-state index is 11.7. The van der Waals surface area contributed by atoms with Gasteiger partial charge in [-0.3, -0.25) is 0 Å². The number of sulfonamides is 1. The molecule has 104 valence electrons. The van der Waals surface area contributed by atoms with Gasteiger partial charge in [-0.2, -0.15) is 0 Å². The van der Waals surface area contributed by atoms with Crippen LogP contribution in [0.3, 0.4) is 0 Å². The van der Waals surface area contributed by atoms with E-state index in [2.05, 4.69) is 11.6 Å². The number of hydrogen-bond donors (Lipinski definition) is 2. The molecular formula is C11H19NO5S. The predicted molar refractivity (Wildman–Crippen MR) is 65.5 cm³/mol. The highest BCUT2D eigenvalue weighted by Crippen LogP contribution is 2.13. The molecule has 0 aliphatic rings. The van der Waals surface area contributed by atoms with Crippen LogP contribution < -0.4 is 4.72 Å². The fourth-order valence-electron chi connectivity index (χ4n) is 1.26. The number of rotatable bonds is 9. The SMILES string of the molecule is CCCCOCCNS(=O)(=O)c1ccc(CO)o1. The minimum absolute atomic E-state index is 0.194. The van der Waals surface area contributed by atoms with Gasteiger partial charge in [0, 0.05) is 13.2 Å². The minimum atomic E-state index is -3.65. The maximum Gasteiger partial charge on any atom is 0.274 e. The van der Waals surface area contributed by atoms with Gasteiger partial charge < -0.3 is 14.3 Å². The minimum Gasteiger partial charge on any atom is -0.446 e. The first-order chi connectivity index (χ1) is 8.60. The molecule has 2 N–H and O–H groups in total. The highest BCUT2D eigenvalue weighted by molar-refractivity contribution is 7.89. The van der Waals surface area contributed by atoms with Crippen LogP contribution in [0.1, 0.15) is 25.5 Å². The van der Waals surface area contributed by atoms with E-state index in [1.165, 1.54) is 12.1 Å². The third-order valence-corrected chi connectivity index (χ3v) is 3.57. The fraction of sp³-hybridized carbons (Fsp3) is 0.636. The van der Waals surface area contributed by atoms with E-state index in [1.54, 1.807) is 0 Å². The van der Waals surface area contributed by atoms with Crippen molar-refractivity contribution in [3.63, 3.8) is 0 Å². The number of hydrogen-bond acceptors (Lipinski definition) is 5. The van der Waals surface area contributed by atoms with E-state index < -0.39 is 10.0 Å². The topological polar surface area (TPSA) is 88.8 Å². The van der Waals surface area contributed by atoms with E-state index >= 15 is 0 Å². The van der Waals surface area contributed by atoms with Crippen molar-refractivity contribution < 1.29 is 22.7 Å². The molecule has 0 aliphatic heterocycles. The van der Waals surface area contributed by atoms with E-state index in [4.69, 9.17) is 14.3 Å². The summed E-state index contributed by atoms with van der Waals surface area (Å²) in [4.78, 5) is 0. The lowest BCUT2D eigenvalue weighted by Gasteiger charge is -2.05. The molecule has 0 bridgehead atoms. The van der Waals surface area contributed by atoms with Crippen LogP contribution in [0.4, 0.5) is 0 Å². The van der Waals surface area contributed by atoms with Crippen LogP contribution in [-0.2, 0) is 21.4 Å². The normalized spacial score (nSPS) is 11.9. The van der Waals surface area contributed by atoms with Crippen molar-refractivity contribution in [3.8, 4) is 0 Å². The summed E-state index contributed by atoms with van der Waals surface area (Å²) in [7, 11) is -3.65. The summed E-state index contributed by atoms with van der Waals surface area (Å²) in [5, 5.41) is 8.59. The summed E-state index contributed by atoms with van der Waals surface area (Å²) in [6.45, 7) is 2.89. The standard InChI is InChI=1S/C11H19NO5S/c1-2-3-7-16-8-6-12-18(14,15)11-5-4-10(9-13)17-11/h4-5,12-13H,2-3,6-9H2,1H3. The molecule has 0 amide bonds. The molecule has 0 atom stereocenters. The monoisotopic (exact) mass is 277 g/mol. The molecule has 7 heteroatoms. The summed E-state index contributed by atoms with van der Waals surface area (Å²) in [5.41, 5.74) is 0. The highest BCUT2D eigenvalue weighted by Gasteiger charge is 2.17. The van der Waals surface area contributed by atoms with Crippen molar-refractivity contribution in [2.45, 2.75) is 31.5 Å². The van der Waals surface area contributed by atoms with Crippen LogP contribution in [-0.4, -0.2) is 33.3 Å². The third kappa shape index (κ3) is 4.77. The molecule has 1 rings (SSSR count). The molecular weight excluding hydrogens is 258 g/mol. The first kappa shape index (κ1) is 15.2. The van der Waals surface area contributed by atoms with Gasteiger partial charge in [0.2, 0.25) is 5.09 Å². The lowest BCUT2D eigenvalue weighted by atomic mass is 10.4. The largest absolute Gasteiger partial charge is 0.446 e. The average molecular weight is 277 g/mol. The van der Waals surface area contributed by atoms with Gasteiger partial charge in [0.15, 0.2) is 0 Å². The molecule has 0 radical (unpaired) electrons. The molecule has 0 aliphatic carbocycles. The summed E-state index contributed by atoms with van der Waals surface area (Å²) in [6, 6.07) is 2.73. The molecule has 0 saturated carbocycles. The molecule has 0 fully saturated rings. The van der Waals surface area contributed by atoms with Gasteiger partial charge in [-0.25, -0.2) is 13.1 Å². The maximum atomic E-state index is 11.7. The van der Waals surface area contributed by atoms with E-state index in [0.29, 0.717) is 13.2 Å². The van der Waals surface area contributed by atoms with E-state index in [9.17, 15) is 8.42 Å². The van der Waals surface area contributed by atoms with Gasteiger partial charge in [-0.15, -0.1) is 0 Å². The van der Waals surface area contributed by atoms with Crippen LogP contribution in [0.2, 0.25) is 0 Å². The molecule has 0 aromatic carbocycles. The zero-order valence-electron chi connectivity index (χ0n) is 10.4. The Hall–Kier alpha value is -0.890. The van der Waals surface area contributed by atoms with Gasteiger partial charge in [0.1, 0.15) is 12.4 Å². The van der Waals surface area contributed by atoms with Gasteiger partial charge in [-0.05, 0) is 18.6 Å². The Kier molecular flexibility index (Phi) is 6.34. The Morgan fingerprint density at radius 2 is 2.17 bits per heavy atom. The first-order valence-corrected chi connectivity index (χ1v) is 7.35. The van der Waals surface area contributed by atoms with Crippen molar-refractivity contribution in [2.75, 3.05) is 19.8 Å². The predicted octanol–water partition coefficient (Wildman–Crippen LogP) is 0.867. The van der Waals surface area contributed by atoms with Crippen molar-refractivity contribution in [1.29, 1.82) is 0 Å². The van der Waals surface area contributed by atoms with Gasteiger partial charge in [0.25, 0.3) is 10.0 Å². The molecule has 1 aromatic rings. The number of ether oxygens (including phenoxy) is 1. The van der Waals surface area contributed by atoms with E-state index in [-0.39, 0.29) is 24.0 Å². The Morgan fingerprint density at radius 3 is 2.78 bits per heavy atom. The molecule has 0 spiro atoms. The fourth-order valence-corrected chi connectivity index (χ4v) is 2.21. The summed E-state index contributed by atoms with van der Waals surface area (Å²) in [5.74, 6) is 0.217. The first-order valence-electron chi connectivity index (χ1n) is 5.87. The number of furan rings is 1. The van der Waals surface area contributed by atoms with Crippen LogP contribution in [0.15, 0.2) is 21.6 Å². The second kappa shape index (κ2) is 7.52. The van der Waals surface area contributed by atoms with Crippen LogP contribution in [0.25, 0.3) is 0 Å². The van der Waals surface area contributed by atoms with Crippen LogP contribution in [0, 0.1) is 0 Å². The van der Waals surface area contributed by atoms with Crippen LogP contribution in [0.5, 0.6) is 0 Å². The quantitative estimate of drug-likeness (QED) is 0.654. The highest BCUT2D eigenvalue weighted by atomic mass is 32.2. The lowest BCUT2D eigenvalue weighted by Crippen LogP contribution is -2.27. The van der Waals surface area contributed by atoms with Crippen molar-refractivity contribution >= 4 is 10.0 Å². The lowest BCUT2D eigenvalue weighted by molar-refractivity contribution is 0.136. The van der Waals surface area contributed by atoms with Crippen molar-refractivity contribution in [1.82, 2.24) is 4.72 Å². The molecule has 6 nitrogen and oxygen atoms in total. The average Bonchev–Trinajstić information content (AvgIpc) is 2.83. The van der Waals surface area contributed by atoms with E-state index in [1.807, 2.05) is 0 Å². The van der Waals surface area contributed by atoms with Gasteiger partial charge in [0.05, 0.1) is 6.61 Å². The molecule has 0 unspecified atom stereocenters. The Balaban J connectivity index is 2.36.